The molecule has 0 bridgehead atoms. The molecule has 0 amide bonds. The molecule has 1 aliphatic rings. The summed E-state index contributed by atoms with van der Waals surface area (Å²) in [6.07, 6.45) is 2.99. The van der Waals surface area contributed by atoms with Crippen molar-refractivity contribution in [2.45, 2.75) is 39.2 Å². The summed E-state index contributed by atoms with van der Waals surface area (Å²) in [6, 6.07) is 1.96. The first-order valence-electron chi connectivity index (χ1n) is 5.40. The van der Waals surface area contributed by atoms with E-state index < -0.39 is 0 Å². The lowest BCUT2D eigenvalue weighted by atomic mass is 9.78. The normalized spacial score (nSPS) is 30.7. The molecule has 1 fully saturated rings. The topological polar surface area (TPSA) is 43.1 Å². The SMILES string of the molecule is Cc1sccc1C(=O)C1(C)CCCC1N. The van der Waals surface area contributed by atoms with Gasteiger partial charge in [0.25, 0.3) is 0 Å². The first-order chi connectivity index (χ1) is 7.05. The molecule has 0 aromatic carbocycles. The van der Waals surface area contributed by atoms with Crippen LogP contribution in [0, 0.1) is 12.3 Å². The van der Waals surface area contributed by atoms with E-state index in [1.165, 1.54) is 0 Å². The molecule has 3 heteroatoms. The quantitative estimate of drug-likeness (QED) is 0.783. The van der Waals surface area contributed by atoms with Crippen molar-refractivity contribution >= 4 is 17.1 Å². The highest BCUT2D eigenvalue weighted by atomic mass is 32.1. The van der Waals surface area contributed by atoms with Crippen molar-refractivity contribution in [2.75, 3.05) is 0 Å². The van der Waals surface area contributed by atoms with Crippen LogP contribution in [0.3, 0.4) is 0 Å². The molecule has 1 aromatic rings. The average Bonchev–Trinajstić information content (AvgIpc) is 2.75. The Kier molecular flexibility index (Phi) is 2.69. The first kappa shape index (κ1) is 10.8. The van der Waals surface area contributed by atoms with Gasteiger partial charge in [-0.15, -0.1) is 11.3 Å². The minimum Gasteiger partial charge on any atom is -0.327 e. The fraction of sp³-hybridized carbons (Fsp3) is 0.583. The number of thiophene rings is 1. The van der Waals surface area contributed by atoms with Gasteiger partial charge in [-0.05, 0) is 31.2 Å². The number of ketones is 1. The van der Waals surface area contributed by atoms with Crippen LogP contribution in [0.5, 0.6) is 0 Å². The highest BCUT2D eigenvalue weighted by Gasteiger charge is 2.43. The van der Waals surface area contributed by atoms with Crippen molar-refractivity contribution in [1.29, 1.82) is 0 Å². The molecule has 1 saturated carbocycles. The number of hydrogen-bond donors (Lipinski definition) is 1. The lowest BCUT2D eigenvalue weighted by Gasteiger charge is -2.27. The summed E-state index contributed by atoms with van der Waals surface area (Å²) in [7, 11) is 0. The van der Waals surface area contributed by atoms with E-state index >= 15 is 0 Å². The maximum Gasteiger partial charge on any atom is 0.171 e. The first-order valence-corrected chi connectivity index (χ1v) is 6.28. The highest BCUT2D eigenvalue weighted by Crippen LogP contribution is 2.40. The third-order valence-electron chi connectivity index (χ3n) is 3.65. The van der Waals surface area contributed by atoms with Gasteiger partial charge in [-0.3, -0.25) is 4.79 Å². The van der Waals surface area contributed by atoms with Crippen LogP contribution in [0.2, 0.25) is 0 Å². The zero-order chi connectivity index (χ0) is 11.1. The number of aryl methyl sites for hydroxylation is 1. The Morgan fingerprint density at radius 1 is 1.67 bits per heavy atom. The van der Waals surface area contributed by atoms with E-state index in [9.17, 15) is 4.79 Å². The smallest absolute Gasteiger partial charge is 0.171 e. The van der Waals surface area contributed by atoms with Gasteiger partial charge in [-0.25, -0.2) is 0 Å². The molecule has 2 nitrogen and oxygen atoms in total. The van der Waals surface area contributed by atoms with Crippen molar-refractivity contribution in [2.24, 2.45) is 11.1 Å². The van der Waals surface area contributed by atoms with Crippen LogP contribution in [-0.2, 0) is 0 Å². The molecular weight excluding hydrogens is 206 g/mol. The van der Waals surface area contributed by atoms with Gasteiger partial charge in [-0.2, -0.15) is 0 Å². The summed E-state index contributed by atoms with van der Waals surface area (Å²) in [6.45, 7) is 4.02. The molecule has 82 valence electrons. The largest absolute Gasteiger partial charge is 0.327 e. The van der Waals surface area contributed by atoms with E-state index in [1.807, 2.05) is 25.3 Å². The fourth-order valence-corrected chi connectivity index (χ4v) is 3.10. The second kappa shape index (κ2) is 3.72. The van der Waals surface area contributed by atoms with Gasteiger partial charge >= 0.3 is 0 Å². The Morgan fingerprint density at radius 2 is 2.40 bits per heavy atom. The van der Waals surface area contributed by atoms with Gasteiger partial charge in [0.05, 0.1) is 0 Å². The van der Waals surface area contributed by atoms with E-state index in [0.717, 1.165) is 29.7 Å². The van der Waals surface area contributed by atoms with Crippen LogP contribution >= 0.6 is 11.3 Å². The number of carbonyl (C=O) groups excluding carboxylic acids is 1. The zero-order valence-electron chi connectivity index (χ0n) is 9.25. The van der Waals surface area contributed by atoms with Crippen LogP contribution in [-0.4, -0.2) is 11.8 Å². The number of Topliss-reactive ketones (excluding diaryl/α,β-unsaturated/α-hetero) is 1. The fourth-order valence-electron chi connectivity index (χ4n) is 2.40. The Bertz CT molecular complexity index is 385. The molecule has 1 aliphatic carbocycles. The van der Waals surface area contributed by atoms with Crippen molar-refractivity contribution in [1.82, 2.24) is 0 Å². The second-order valence-corrected chi connectivity index (χ2v) is 5.76. The number of hydrogen-bond acceptors (Lipinski definition) is 3. The molecule has 0 aliphatic heterocycles. The zero-order valence-corrected chi connectivity index (χ0v) is 10.1. The van der Waals surface area contributed by atoms with Gasteiger partial charge in [-0.1, -0.05) is 13.3 Å². The molecular formula is C12H17NOS. The summed E-state index contributed by atoms with van der Waals surface area (Å²) in [5.74, 6) is 0.242. The van der Waals surface area contributed by atoms with Gasteiger partial charge in [0.15, 0.2) is 5.78 Å². The van der Waals surface area contributed by atoms with E-state index in [-0.39, 0.29) is 17.2 Å². The molecule has 0 saturated heterocycles. The van der Waals surface area contributed by atoms with E-state index in [0.29, 0.717) is 0 Å². The monoisotopic (exact) mass is 223 g/mol. The molecule has 1 heterocycles. The summed E-state index contributed by atoms with van der Waals surface area (Å²) in [4.78, 5) is 13.5. The minimum absolute atomic E-state index is 0.0318. The predicted molar refractivity (Wildman–Crippen MR) is 63.3 cm³/mol. The van der Waals surface area contributed by atoms with Crippen molar-refractivity contribution in [3.63, 3.8) is 0 Å². The van der Waals surface area contributed by atoms with Gasteiger partial charge in [0, 0.05) is 21.9 Å². The van der Waals surface area contributed by atoms with E-state index in [2.05, 4.69) is 0 Å². The molecule has 0 spiro atoms. The summed E-state index contributed by atoms with van der Waals surface area (Å²) >= 11 is 1.63. The van der Waals surface area contributed by atoms with Crippen molar-refractivity contribution in [3.8, 4) is 0 Å². The van der Waals surface area contributed by atoms with Crippen LogP contribution in [0.15, 0.2) is 11.4 Å². The Balaban J connectivity index is 2.32. The summed E-state index contributed by atoms with van der Waals surface area (Å²) < 4.78 is 0. The van der Waals surface area contributed by atoms with Crippen LogP contribution in [0.1, 0.15) is 41.4 Å². The van der Waals surface area contributed by atoms with Gasteiger partial charge in [0.1, 0.15) is 0 Å². The average molecular weight is 223 g/mol. The second-order valence-electron chi connectivity index (χ2n) is 4.64. The maximum atomic E-state index is 12.4. The number of nitrogens with two attached hydrogens (primary N) is 1. The minimum atomic E-state index is -0.328. The maximum absolute atomic E-state index is 12.4. The standard InChI is InChI=1S/C12H17NOS/c1-8-9(5-7-15-8)11(14)12(2)6-3-4-10(12)13/h5,7,10H,3-4,6,13H2,1-2H3. The third kappa shape index (κ3) is 1.64. The van der Waals surface area contributed by atoms with Crippen LogP contribution < -0.4 is 5.73 Å². The third-order valence-corrected chi connectivity index (χ3v) is 4.50. The van der Waals surface area contributed by atoms with E-state index in [1.54, 1.807) is 11.3 Å². The summed E-state index contributed by atoms with van der Waals surface area (Å²) in [5, 5.41) is 1.98. The Morgan fingerprint density at radius 3 is 2.87 bits per heavy atom. The van der Waals surface area contributed by atoms with Gasteiger partial charge in [0.2, 0.25) is 0 Å². The molecule has 2 rings (SSSR count). The predicted octanol–water partition coefficient (Wildman–Crippen LogP) is 2.76. The van der Waals surface area contributed by atoms with Crippen LogP contribution in [0.4, 0.5) is 0 Å². The molecule has 2 atom stereocenters. The molecule has 1 aromatic heterocycles. The summed E-state index contributed by atoms with van der Waals surface area (Å²) in [5.41, 5.74) is 6.60. The lowest BCUT2D eigenvalue weighted by Crippen LogP contribution is -2.41. The molecule has 15 heavy (non-hydrogen) atoms. The van der Waals surface area contributed by atoms with E-state index in [4.69, 9.17) is 5.73 Å². The highest BCUT2D eigenvalue weighted by molar-refractivity contribution is 7.10. The van der Waals surface area contributed by atoms with Crippen molar-refractivity contribution < 1.29 is 4.79 Å². The van der Waals surface area contributed by atoms with Crippen LogP contribution in [0.25, 0.3) is 0 Å². The number of rotatable bonds is 2. The van der Waals surface area contributed by atoms with Gasteiger partial charge < -0.3 is 5.73 Å². The molecule has 0 radical (unpaired) electrons. The lowest BCUT2D eigenvalue weighted by molar-refractivity contribution is 0.0802. The number of carbonyl (C=O) groups is 1. The molecule has 2 unspecified atom stereocenters. The Labute approximate surface area is 94.5 Å². The Hall–Kier alpha value is -0.670. The van der Waals surface area contributed by atoms with Crippen molar-refractivity contribution in [3.05, 3.63) is 21.9 Å². The molecule has 2 N–H and O–H groups in total.